The summed E-state index contributed by atoms with van der Waals surface area (Å²) in [5.41, 5.74) is 1.14. The molecule has 1 heterocycles. The Labute approximate surface area is 187 Å². The summed E-state index contributed by atoms with van der Waals surface area (Å²) in [5, 5.41) is 0. The van der Waals surface area contributed by atoms with Gasteiger partial charge >= 0.3 is 188 Å². The molecule has 1 saturated heterocycles. The molecule has 0 radical (unpaired) electrons. The second-order valence-corrected chi connectivity index (χ2v) is 22.0. The number of nitrogens with zero attached hydrogens (tertiary/aromatic N) is 1. The molecular formula is C25H41NO3Sn. The topological polar surface area (TPSA) is 38.8 Å². The molecule has 30 heavy (non-hydrogen) atoms. The first-order valence-electron chi connectivity index (χ1n) is 11.9. The van der Waals surface area contributed by atoms with E-state index < -0.39 is 18.4 Å². The van der Waals surface area contributed by atoms with E-state index in [-0.39, 0.29) is 23.0 Å². The van der Waals surface area contributed by atoms with E-state index in [1.165, 1.54) is 51.8 Å². The van der Waals surface area contributed by atoms with Crippen LogP contribution in [0.4, 0.5) is 4.79 Å². The fraction of sp³-hybridized carbons (Fsp3) is 0.640. The quantitative estimate of drug-likeness (QED) is 0.205. The summed E-state index contributed by atoms with van der Waals surface area (Å²) in [6.45, 7) is 11.3. The molecule has 5 heteroatoms. The molecule has 0 spiro atoms. The van der Waals surface area contributed by atoms with Crippen molar-refractivity contribution in [1.29, 1.82) is 0 Å². The van der Waals surface area contributed by atoms with Crippen LogP contribution in [0.25, 0.3) is 0 Å². The summed E-state index contributed by atoms with van der Waals surface area (Å²) in [7, 11) is 0. The molecule has 1 fully saturated rings. The molecule has 4 nitrogen and oxygen atoms in total. The second kappa shape index (κ2) is 13.4. The number of carbonyl (C=O) groups is 1. The van der Waals surface area contributed by atoms with Gasteiger partial charge in [-0.3, -0.25) is 0 Å². The van der Waals surface area contributed by atoms with Crippen molar-refractivity contribution in [2.45, 2.75) is 82.9 Å². The first-order chi connectivity index (χ1) is 14.6. The molecule has 0 aliphatic carbocycles. The Hall–Kier alpha value is -1.01. The molecule has 0 N–H and O–H groups in total. The van der Waals surface area contributed by atoms with Crippen molar-refractivity contribution in [3.63, 3.8) is 0 Å². The maximum atomic E-state index is 13.3. The molecule has 1 aromatic rings. The van der Waals surface area contributed by atoms with Crippen LogP contribution in [0.2, 0.25) is 13.3 Å². The Morgan fingerprint density at radius 1 is 1.10 bits per heavy atom. The Bertz CT molecular complexity index is 615. The van der Waals surface area contributed by atoms with Gasteiger partial charge in [0.1, 0.15) is 0 Å². The predicted octanol–water partition coefficient (Wildman–Crippen LogP) is 7.10. The van der Waals surface area contributed by atoms with Gasteiger partial charge in [-0.15, -0.1) is 0 Å². The van der Waals surface area contributed by atoms with Crippen molar-refractivity contribution in [1.82, 2.24) is 4.90 Å². The molecule has 168 valence electrons. The van der Waals surface area contributed by atoms with Crippen molar-refractivity contribution in [2.75, 3.05) is 13.2 Å². The van der Waals surface area contributed by atoms with Gasteiger partial charge in [0, 0.05) is 0 Å². The first kappa shape index (κ1) is 25.3. The summed E-state index contributed by atoms with van der Waals surface area (Å²) in [5.74, 6) is 0. The summed E-state index contributed by atoms with van der Waals surface area (Å²) in [4.78, 5) is 15.3. The molecule has 0 aromatic heterocycles. The summed E-state index contributed by atoms with van der Waals surface area (Å²) < 4.78 is 16.0. The zero-order valence-corrected chi connectivity index (χ0v) is 22.1. The van der Waals surface area contributed by atoms with E-state index in [1.807, 2.05) is 23.1 Å². The molecule has 1 aliphatic heterocycles. The fourth-order valence-corrected chi connectivity index (χ4v) is 21.8. The first-order valence-corrected chi connectivity index (χ1v) is 19.6. The van der Waals surface area contributed by atoms with Gasteiger partial charge < -0.3 is 0 Å². The molecular weight excluding hydrogens is 481 g/mol. The van der Waals surface area contributed by atoms with Gasteiger partial charge in [0.05, 0.1) is 0 Å². The van der Waals surface area contributed by atoms with Gasteiger partial charge in [0.25, 0.3) is 0 Å². The Balaban J connectivity index is 2.43. The minimum atomic E-state index is -2.84. The summed E-state index contributed by atoms with van der Waals surface area (Å²) >= 11 is -2.84. The van der Waals surface area contributed by atoms with Crippen LogP contribution >= 0.6 is 0 Å². The zero-order valence-electron chi connectivity index (χ0n) is 19.3. The van der Waals surface area contributed by atoms with Crippen LogP contribution < -0.4 is 0 Å². The molecule has 1 amide bonds. The molecule has 0 bridgehead atoms. The van der Waals surface area contributed by atoms with Crippen LogP contribution in [-0.2, 0) is 9.47 Å². The number of unbranched alkanes of at least 4 members (excludes halogenated alkanes) is 3. The Kier molecular flexibility index (Phi) is 11.3. The van der Waals surface area contributed by atoms with E-state index in [0.717, 1.165) is 5.56 Å². The van der Waals surface area contributed by atoms with E-state index in [1.54, 1.807) is 6.08 Å². The van der Waals surface area contributed by atoms with Crippen molar-refractivity contribution in [3.8, 4) is 0 Å². The minimum absolute atomic E-state index is 0.0357. The molecule has 0 unspecified atom stereocenters. The second-order valence-electron chi connectivity index (χ2n) is 8.56. The monoisotopic (exact) mass is 523 g/mol. The average Bonchev–Trinajstić information content (AvgIpc) is 3.24. The fourth-order valence-electron chi connectivity index (χ4n) is 4.67. The molecule has 2 rings (SSSR count). The van der Waals surface area contributed by atoms with Crippen molar-refractivity contribution in [2.24, 2.45) is 0 Å². The number of benzene rings is 1. The Morgan fingerprint density at radius 3 is 2.17 bits per heavy atom. The number of ether oxygens (including phenoxy) is 2. The van der Waals surface area contributed by atoms with Crippen LogP contribution in [0.3, 0.4) is 0 Å². The molecule has 1 aliphatic rings. The van der Waals surface area contributed by atoms with Crippen molar-refractivity contribution >= 4 is 24.5 Å². The predicted molar refractivity (Wildman–Crippen MR) is 127 cm³/mol. The van der Waals surface area contributed by atoms with E-state index in [9.17, 15) is 4.79 Å². The van der Waals surface area contributed by atoms with Crippen LogP contribution in [0.5, 0.6) is 0 Å². The van der Waals surface area contributed by atoms with Crippen molar-refractivity contribution < 1.29 is 14.3 Å². The zero-order chi connectivity index (χ0) is 21.8. The molecule has 1 aromatic carbocycles. The number of amides is 1. The molecule has 2 atom stereocenters. The SMILES string of the molecule is C=CCOC(=O)N1[C@H]([Sn]([CH2]CCC)([CH2]CCC)[CH2]CCC)OC[C@H]1c1ccccc1. The van der Waals surface area contributed by atoms with Crippen molar-refractivity contribution in [3.05, 3.63) is 48.6 Å². The number of rotatable bonds is 13. The standard InChI is InChI=1S/C13H14NO3.3C4H9.Sn/c1-2-8-17-13(15)14-10-16-9-12(14)11-6-4-3-5-7-11;3*1-3-4-2;/h2-7,10,12H,1,8-9H2;3*1,3-4H2,2H3;/t12-;;;;/m0..../s1. The summed E-state index contributed by atoms with van der Waals surface area (Å²) in [6.07, 6.45) is 8.74. The van der Waals surface area contributed by atoms with Crippen LogP contribution in [0, 0.1) is 0 Å². The summed E-state index contributed by atoms with van der Waals surface area (Å²) in [6, 6.07) is 10.2. The van der Waals surface area contributed by atoms with Gasteiger partial charge in [-0.05, 0) is 0 Å². The van der Waals surface area contributed by atoms with Crippen LogP contribution in [-0.4, -0.2) is 46.8 Å². The van der Waals surface area contributed by atoms with E-state index in [4.69, 9.17) is 9.47 Å². The van der Waals surface area contributed by atoms with E-state index >= 15 is 0 Å². The average molecular weight is 522 g/mol. The van der Waals surface area contributed by atoms with Crippen LogP contribution in [0.15, 0.2) is 43.0 Å². The molecule has 0 saturated carbocycles. The third-order valence-corrected chi connectivity index (χ3v) is 22.1. The number of hydrogen-bond donors (Lipinski definition) is 0. The van der Waals surface area contributed by atoms with Gasteiger partial charge in [-0.1, -0.05) is 0 Å². The normalized spacial score (nSPS) is 19.1. The number of hydrogen-bond acceptors (Lipinski definition) is 3. The van der Waals surface area contributed by atoms with E-state index in [2.05, 4.69) is 39.5 Å². The third kappa shape index (κ3) is 6.49. The Morgan fingerprint density at radius 2 is 1.67 bits per heavy atom. The number of carbonyl (C=O) groups excluding carboxylic acids is 1. The third-order valence-electron chi connectivity index (χ3n) is 6.33. The van der Waals surface area contributed by atoms with Gasteiger partial charge in [-0.25, -0.2) is 0 Å². The van der Waals surface area contributed by atoms with Gasteiger partial charge in [0.2, 0.25) is 0 Å². The van der Waals surface area contributed by atoms with E-state index in [0.29, 0.717) is 6.61 Å². The maximum absolute atomic E-state index is 13.3. The van der Waals surface area contributed by atoms with Crippen LogP contribution in [0.1, 0.15) is 70.9 Å². The van der Waals surface area contributed by atoms with Gasteiger partial charge in [-0.2, -0.15) is 0 Å². The van der Waals surface area contributed by atoms with Gasteiger partial charge in [0.15, 0.2) is 0 Å².